The summed E-state index contributed by atoms with van der Waals surface area (Å²) in [5.41, 5.74) is 2.47. The lowest BCUT2D eigenvalue weighted by atomic mass is 10.0. The Kier molecular flexibility index (Phi) is 8.80. The van der Waals surface area contributed by atoms with Gasteiger partial charge in [0.2, 0.25) is 0 Å². The number of nitriles is 1. The molecule has 3 nitrogen and oxygen atoms in total. The van der Waals surface area contributed by atoms with E-state index in [-0.39, 0.29) is 6.61 Å². The lowest BCUT2D eigenvalue weighted by Gasteiger charge is -2.16. The number of methoxy groups -OCH3 is 1. The molecular formula is C23H13Br2Cl4NO2. The summed E-state index contributed by atoms with van der Waals surface area (Å²) < 4.78 is 12.8. The third-order valence-electron chi connectivity index (χ3n) is 4.38. The fourth-order valence-electron chi connectivity index (χ4n) is 2.81. The molecule has 0 radical (unpaired) electrons. The minimum Gasteiger partial charge on any atom is -0.493 e. The third kappa shape index (κ3) is 5.75. The Labute approximate surface area is 222 Å². The first-order valence-corrected chi connectivity index (χ1v) is 12.0. The molecule has 0 saturated carbocycles. The van der Waals surface area contributed by atoms with Crippen LogP contribution in [0.25, 0.3) is 11.6 Å². The molecule has 0 amide bonds. The summed E-state index contributed by atoms with van der Waals surface area (Å²) >= 11 is 31.5. The predicted molar refractivity (Wildman–Crippen MR) is 139 cm³/mol. The zero-order chi connectivity index (χ0) is 23.4. The van der Waals surface area contributed by atoms with Crippen molar-refractivity contribution in [2.45, 2.75) is 6.61 Å². The topological polar surface area (TPSA) is 42.2 Å². The van der Waals surface area contributed by atoms with Gasteiger partial charge in [-0.2, -0.15) is 5.26 Å². The highest BCUT2D eigenvalue weighted by Crippen LogP contribution is 2.44. The maximum atomic E-state index is 9.71. The largest absolute Gasteiger partial charge is 0.493 e. The number of benzene rings is 3. The predicted octanol–water partition coefficient (Wildman–Crippen LogP) is 9.48. The van der Waals surface area contributed by atoms with Gasteiger partial charge in [-0.25, -0.2) is 0 Å². The van der Waals surface area contributed by atoms with Crippen LogP contribution in [0.2, 0.25) is 20.1 Å². The number of ether oxygens (including phenoxy) is 2. The number of allylic oxidation sites excluding steroid dienone is 1. The van der Waals surface area contributed by atoms with Crippen LogP contribution in [0.15, 0.2) is 51.4 Å². The van der Waals surface area contributed by atoms with E-state index in [0.29, 0.717) is 57.2 Å². The molecule has 164 valence electrons. The maximum absolute atomic E-state index is 9.71. The molecular weight excluding hydrogens is 624 g/mol. The van der Waals surface area contributed by atoms with E-state index in [4.69, 9.17) is 55.9 Å². The third-order valence-corrected chi connectivity index (χ3v) is 7.81. The number of halogens is 6. The first-order chi connectivity index (χ1) is 15.2. The summed E-state index contributed by atoms with van der Waals surface area (Å²) in [4.78, 5) is 0. The van der Waals surface area contributed by atoms with Gasteiger partial charge in [0, 0.05) is 15.1 Å². The minimum atomic E-state index is 0.247. The molecule has 0 aliphatic carbocycles. The van der Waals surface area contributed by atoms with Gasteiger partial charge in [0.25, 0.3) is 0 Å². The maximum Gasteiger partial charge on any atom is 0.177 e. The zero-order valence-corrected chi connectivity index (χ0v) is 22.6. The molecule has 0 spiro atoms. The number of rotatable bonds is 6. The second-order valence-corrected chi connectivity index (χ2v) is 9.70. The van der Waals surface area contributed by atoms with Crippen LogP contribution >= 0.6 is 78.3 Å². The van der Waals surface area contributed by atoms with Crippen LogP contribution in [0.3, 0.4) is 0 Å². The smallest absolute Gasteiger partial charge is 0.177 e. The van der Waals surface area contributed by atoms with Crippen molar-refractivity contribution in [2.75, 3.05) is 7.11 Å². The molecule has 0 unspecified atom stereocenters. The van der Waals surface area contributed by atoms with E-state index in [9.17, 15) is 5.26 Å². The number of hydrogen-bond donors (Lipinski definition) is 0. The van der Waals surface area contributed by atoms with Crippen LogP contribution in [-0.4, -0.2) is 7.11 Å². The molecule has 0 bridgehead atoms. The molecule has 0 fully saturated rings. The van der Waals surface area contributed by atoms with Gasteiger partial charge in [-0.3, -0.25) is 0 Å². The van der Waals surface area contributed by atoms with Gasteiger partial charge >= 0.3 is 0 Å². The van der Waals surface area contributed by atoms with Crippen LogP contribution in [0.1, 0.15) is 16.7 Å². The molecule has 9 heteroatoms. The van der Waals surface area contributed by atoms with Gasteiger partial charge in [-0.1, -0.05) is 58.5 Å². The van der Waals surface area contributed by atoms with E-state index in [1.54, 1.807) is 42.5 Å². The highest BCUT2D eigenvalue weighted by Gasteiger charge is 2.18. The first kappa shape index (κ1) is 25.2. The molecule has 0 aromatic heterocycles. The van der Waals surface area contributed by atoms with Crippen LogP contribution in [0, 0.1) is 11.3 Å². The Morgan fingerprint density at radius 2 is 1.72 bits per heavy atom. The van der Waals surface area contributed by atoms with Gasteiger partial charge in [-0.05, 0) is 79.4 Å². The second-order valence-electron chi connectivity index (χ2n) is 6.46. The second kappa shape index (κ2) is 11.2. The van der Waals surface area contributed by atoms with Crippen LogP contribution < -0.4 is 9.47 Å². The van der Waals surface area contributed by atoms with Crippen LogP contribution in [0.5, 0.6) is 11.5 Å². The molecule has 0 aliphatic rings. The van der Waals surface area contributed by atoms with Crippen LogP contribution in [0.4, 0.5) is 0 Å². The molecule has 3 aromatic carbocycles. The van der Waals surface area contributed by atoms with Crippen molar-refractivity contribution in [3.05, 3.63) is 88.2 Å². The van der Waals surface area contributed by atoms with E-state index >= 15 is 0 Å². The van der Waals surface area contributed by atoms with Gasteiger partial charge in [0.15, 0.2) is 11.5 Å². The summed E-state index contributed by atoms with van der Waals surface area (Å²) in [7, 11) is 1.54. The minimum absolute atomic E-state index is 0.247. The SMILES string of the molecule is COc1cc(/C=C(/C#N)c2ccc(Cl)cc2Cl)c(Br)c(Br)c1OCc1ccc(Cl)c(Cl)c1. The van der Waals surface area contributed by atoms with E-state index in [2.05, 4.69) is 37.9 Å². The van der Waals surface area contributed by atoms with Gasteiger partial charge in [0.05, 0.1) is 38.3 Å². The van der Waals surface area contributed by atoms with E-state index in [1.807, 2.05) is 6.07 Å². The van der Waals surface area contributed by atoms with E-state index in [0.717, 1.165) is 5.56 Å². The Morgan fingerprint density at radius 3 is 2.34 bits per heavy atom. The summed E-state index contributed by atoms with van der Waals surface area (Å²) in [5.74, 6) is 0.969. The van der Waals surface area contributed by atoms with Crippen molar-refractivity contribution in [1.29, 1.82) is 5.26 Å². The monoisotopic (exact) mass is 633 g/mol. The molecule has 3 rings (SSSR count). The summed E-state index contributed by atoms with van der Waals surface area (Å²) in [6.45, 7) is 0.247. The first-order valence-electron chi connectivity index (χ1n) is 8.95. The van der Waals surface area contributed by atoms with Crippen molar-refractivity contribution >= 4 is 89.9 Å². The van der Waals surface area contributed by atoms with Crippen LogP contribution in [-0.2, 0) is 6.61 Å². The lowest BCUT2D eigenvalue weighted by molar-refractivity contribution is 0.282. The summed E-state index contributed by atoms with van der Waals surface area (Å²) in [5, 5.41) is 11.5. The number of nitrogens with zero attached hydrogens (tertiary/aromatic N) is 1. The normalized spacial score (nSPS) is 11.2. The fraction of sp³-hybridized carbons (Fsp3) is 0.0870. The summed E-state index contributed by atoms with van der Waals surface area (Å²) in [6, 6.07) is 14.2. The zero-order valence-electron chi connectivity index (χ0n) is 16.4. The molecule has 0 heterocycles. The average molecular weight is 637 g/mol. The van der Waals surface area contributed by atoms with E-state index < -0.39 is 0 Å². The molecule has 0 atom stereocenters. The number of hydrogen-bond acceptors (Lipinski definition) is 3. The Balaban J connectivity index is 1.98. The molecule has 3 aromatic rings. The molecule has 32 heavy (non-hydrogen) atoms. The standard InChI is InChI=1S/C23H13Br2Cl4NO2/c1-31-20-8-13(7-14(10-30)16-4-3-15(26)9-18(16)28)21(24)22(25)23(20)32-11-12-2-5-17(27)19(29)6-12/h2-9H,11H2,1H3/b14-7-. The van der Waals surface area contributed by atoms with Crippen molar-refractivity contribution < 1.29 is 9.47 Å². The Bertz CT molecular complexity index is 1260. The van der Waals surface area contributed by atoms with Gasteiger partial charge in [0.1, 0.15) is 6.61 Å². The van der Waals surface area contributed by atoms with Crippen molar-refractivity contribution in [1.82, 2.24) is 0 Å². The summed E-state index contributed by atoms with van der Waals surface area (Å²) in [6.07, 6.45) is 1.70. The van der Waals surface area contributed by atoms with Crippen molar-refractivity contribution in [3.63, 3.8) is 0 Å². The molecule has 0 aliphatic heterocycles. The fourth-order valence-corrected chi connectivity index (χ4v) is 4.59. The highest BCUT2D eigenvalue weighted by atomic mass is 79.9. The van der Waals surface area contributed by atoms with Crippen molar-refractivity contribution in [2.24, 2.45) is 0 Å². The lowest BCUT2D eigenvalue weighted by Crippen LogP contribution is -2.00. The van der Waals surface area contributed by atoms with Gasteiger partial charge in [-0.15, -0.1) is 0 Å². The van der Waals surface area contributed by atoms with E-state index in [1.165, 1.54) is 7.11 Å². The Hall–Kier alpha value is -1.39. The quantitative estimate of drug-likeness (QED) is 0.200. The Morgan fingerprint density at radius 1 is 0.969 bits per heavy atom. The molecule has 0 N–H and O–H groups in total. The highest BCUT2D eigenvalue weighted by molar-refractivity contribution is 9.13. The molecule has 0 saturated heterocycles. The average Bonchev–Trinajstić information content (AvgIpc) is 2.76. The van der Waals surface area contributed by atoms with Gasteiger partial charge < -0.3 is 9.47 Å². The van der Waals surface area contributed by atoms with Crippen molar-refractivity contribution in [3.8, 4) is 17.6 Å².